The highest BCUT2D eigenvalue weighted by Crippen LogP contribution is 2.30. The van der Waals surface area contributed by atoms with Crippen LogP contribution in [0.25, 0.3) is 0 Å². The maximum atomic E-state index is 12.7. The Labute approximate surface area is 152 Å². The van der Waals surface area contributed by atoms with Gasteiger partial charge in [0.25, 0.3) is 5.91 Å². The molecule has 0 atom stereocenters. The van der Waals surface area contributed by atoms with Gasteiger partial charge in [-0.2, -0.15) is 13.2 Å². The standard InChI is InChI=1S/C16H10BrF3N2O2S/c17-13-5-4-12(24-13)14(23)22-15-21-8-11(25-15)7-9-2-1-3-10(6-9)16(18,19)20/h1-6,8H,7H2,(H,21,22,23). The van der Waals surface area contributed by atoms with Crippen molar-refractivity contribution in [1.29, 1.82) is 0 Å². The van der Waals surface area contributed by atoms with E-state index in [1.165, 1.54) is 29.7 Å². The summed E-state index contributed by atoms with van der Waals surface area (Å²) < 4.78 is 43.8. The number of thiazole rings is 1. The molecule has 0 aliphatic carbocycles. The van der Waals surface area contributed by atoms with Gasteiger partial charge in [0.15, 0.2) is 15.6 Å². The third-order valence-electron chi connectivity index (χ3n) is 3.20. The van der Waals surface area contributed by atoms with E-state index in [4.69, 9.17) is 4.42 Å². The van der Waals surface area contributed by atoms with E-state index in [-0.39, 0.29) is 5.76 Å². The third-order valence-corrected chi connectivity index (χ3v) is 4.54. The van der Waals surface area contributed by atoms with Crippen molar-refractivity contribution in [3.05, 3.63) is 69.0 Å². The molecule has 0 fully saturated rings. The van der Waals surface area contributed by atoms with E-state index in [2.05, 4.69) is 26.2 Å². The van der Waals surface area contributed by atoms with Crippen LogP contribution >= 0.6 is 27.3 Å². The van der Waals surface area contributed by atoms with Crippen LogP contribution in [-0.4, -0.2) is 10.9 Å². The smallest absolute Gasteiger partial charge is 0.416 e. The van der Waals surface area contributed by atoms with Crippen molar-refractivity contribution in [3.8, 4) is 0 Å². The normalized spacial score (nSPS) is 11.5. The number of amides is 1. The Morgan fingerprint density at radius 3 is 2.76 bits per heavy atom. The van der Waals surface area contributed by atoms with E-state index in [1.807, 2.05) is 0 Å². The van der Waals surface area contributed by atoms with E-state index in [9.17, 15) is 18.0 Å². The SMILES string of the molecule is O=C(Nc1ncc(Cc2cccc(C(F)(F)F)c2)s1)c1ccc(Br)o1. The maximum Gasteiger partial charge on any atom is 0.416 e. The molecule has 0 aliphatic heterocycles. The first-order valence-electron chi connectivity index (χ1n) is 6.99. The fraction of sp³-hybridized carbons (Fsp3) is 0.125. The second-order valence-corrected chi connectivity index (χ2v) is 6.96. The van der Waals surface area contributed by atoms with E-state index >= 15 is 0 Å². The summed E-state index contributed by atoms with van der Waals surface area (Å²) in [5.41, 5.74) is -0.169. The molecular formula is C16H10BrF3N2O2S. The molecule has 130 valence electrons. The van der Waals surface area contributed by atoms with Crippen molar-refractivity contribution in [2.75, 3.05) is 5.32 Å². The van der Waals surface area contributed by atoms with E-state index < -0.39 is 17.6 Å². The molecule has 0 unspecified atom stereocenters. The zero-order valence-corrected chi connectivity index (χ0v) is 14.8. The van der Waals surface area contributed by atoms with Crippen LogP contribution in [0.4, 0.5) is 18.3 Å². The number of carbonyl (C=O) groups is 1. The Balaban J connectivity index is 1.69. The number of anilines is 1. The summed E-state index contributed by atoms with van der Waals surface area (Å²) in [4.78, 5) is 16.8. The molecular weight excluding hydrogens is 421 g/mol. The van der Waals surface area contributed by atoms with Gasteiger partial charge in [-0.1, -0.05) is 18.2 Å². The highest BCUT2D eigenvalue weighted by atomic mass is 79.9. The summed E-state index contributed by atoms with van der Waals surface area (Å²) in [5.74, 6) is -0.327. The molecule has 0 saturated carbocycles. The minimum Gasteiger partial charge on any atom is -0.444 e. The molecule has 0 radical (unpaired) electrons. The Morgan fingerprint density at radius 2 is 2.08 bits per heavy atom. The van der Waals surface area contributed by atoms with Gasteiger partial charge in [-0.15, -0.1) is 11.3 Å². The van der Waals surface area contributed by atoms with E-state index in [0.717, 1.165) is 17.0 Å². The van der Waals surface area contributed by atoms with Crippen molar-refractivity contribution in [2.45, 2.75) is 12.6 Å². The number of rotatable bonds is 4. The van der Waals surface area contributed by atoms with Crippen molar-refractivity contribution < 1.29 is 22.4 Å². The lowest BCUT2D eigenvalue weighted by Crippen LogP contribution is -2.10. The van der Waals surface area contributed by atoms with Crippen LogP contribution in [0.3, 0.4) is 0 Å². The zero-order valence-electron chi connectivity index (χ0n) is 12.4. The van der Waals surface area contributed by atoms with Crippen molar-refractivity contribution in [3.63, 3.8) is 0 Å². The monoisotopic (exact) mass is 430 g/mol. The summed E-state index contributed by atoms with van der Waals surface area (Å²) in [7, 11) is 0. The van der Waals surface area contributed by atoms with Crippen molar-refractivity contribution >= 4 is 38.3 Å². The lowest BCUT2D eigenvalue weighted by Gasteiger charge is -2.07. The van der Waals surface area contributed by atoms with Gasteiger partial charge in [0.1, 0.15) is 0 Å². The molecule has 1 aromatic carbocycles. The average Bonchev–Trinajstić information content (AvgIpc) is 3.16. The van der Waals surface area contributed by atoms with Crippen LogP contribution in [0.1, 0.15) is 26.6 Å². The summed E-state index contributed by atoms with van der Waals surface area (Å²) in [5, 5.41) is 2.93. The lowest BCUT2D eigenvalue weighted by molar-refractivity contribution is -0.137. The number of hydrogen-bond donors (Lipinski definition) is 1. The van der Waals surface area contributed by atoms with Crippen LogP contribution in [0.5, 0.6) is 0 Å². The lowest BCUT2D eigenvalue weighted by atomic mass is 10.1. The number of carbonyl (C=O) groups excluding carboxylic acids is 1. The minimum atomic E-state index is -4.37. The number of halogens is 4. The minimum absolute atomic E-state index is 0.126. The first kappa shape index (κ1) is 17.7. The van der Waals surface area contributed by atoms with Crippen molar-refractivity contribution in [1.82, 2.24) is 4.98 Å². The quantitative estimate of drug-likeness (QED) is 0.605. The van der Waals surface area contributed by atoms with Crippen LogP contribution in [-0.2, 0) is 12.6 Å². The number of aromatic nitrogens is 1. The topological polar surface area (TPSA) is 55.1 Å². The number of nitrogens with one attached hydrogen (secondary N) is 1. The zero-order chi connectivity index (χ0) is 18.0. The van der Waals surface area contributed by atoms with Crippen molar-refractivity contribution in [2.24, 2.45) is 0 Å². The Bertz CT molecular complexity index is 905. The van der Waals surface area contributed by atoms with Gasteiger partial charge >= 0.3 is 6.18 Å². The second kappa shape index (κ2) is 7.01. The fourth-order valence-electron chi connectivity index (χ4n) is 2.10. The summed E-state index contributed by atoms with van der Waals surface area (Å²) in [6, 6.07) is 8.23. The van der Waals surface area contributed by atoms with Crippen LogP contribution in [0.2, 0.25) is 0 Å². The molecule has 25 heavy (non-hydrogen) atoms. The average molecular weight is 431 g/mol. The first-order valence-corrected chi connectivity index (χ1v) is 8.60. The van der Waals surface area contributed by atoms with Crippen LogP contribution in [0.15, 0.2) is 51.7 Å². The molecule has 2 aromatic heterocycles. The molecule has 0 aliphatic rings. The number of nitrogens with zero attached hydrogens (tertiary/aromatic N) is 1. The molecule has 0 spiro atoms. The summed E-state index contributed by atoms with van der Waals surface area (Å²) in [6.07, 6.45) is -2.55. The molecule has 1 amide bonds. The number of hydrogen-bond acceptors (Lipinski definition) is 4. The van der Waals surface area contributed by atoms with Gasteiger partial charge in [-0.25, -0.2) is 4.98 Å². The molecule has 0 saturated heterocycles. The van der Waals surface area contributed by atoms with Crippen LogP contribution in [0, 0.1) is 0 Å². The van der Waals surface area contributed by atoms with Gasteiger partial charge in [-0.3, -0.25) is 10.1 Å². The second-order valence-electron chi connectivity index (χ2n) is 5.06. The third kappa shape index (κ3) is 4.49. The largest absolute Gasteiger partial charge is 0.444 e. The Kier molecular flexibility index (Phi) is 4.96. The first-order chi connectivity index (χ1) is 11.8. The van der Waals surface area contributed by atoms with Gasteiger partial charge in [0, 0.05) is 17.5 Å². The van der Waals surface area contributed by atoms with E-state index in [1.54, 1.807) is 12.1 Å². The predicted molar refractivity (Wildman–Crippen MR) is 90.7 cm³/mol. The Morgan fingerprint density at radius 1 is 1.28 bits per heavy atom. The van der Waals surface area contributed by atoms with Crippen LogP contribution < -0.4 is 5.32 Å². The molecule has 3 aromatic rings. The van der Waals surface area contributed by atoms with E-state index in [0.29, 0.717) is 21.8 Å². The molecule has 0 bridgehead atoms. The van der Waals surface area contributed by atoms with Gasteiger partial charge in [-0.05, 0) is 39.7 Å². The summed E-state index contributed by atoms with van der Waals surface area (Å²) >= 11 is 4.30. The Hall–Kier alpha value is -2.13. The molecule has 3 rings (SSSR count). The van der Waals surface area contributed by atoms with Gasteiger partial charge in [0.2, 0.25) is 0 Å². The number of furan rings is 1. The molecule has 1 N–H and O–H groups in total. The highest BCUT2D eigenvalue weighted by Gasteiger charge is 2.30. The van der Waals surface area contributed by atoms with Gasteiger partial charge < -0.3 is 4.42 Å². The fourth-order valence-corrected chi connectivity index (χ4v) is 3.25. The maximum absolute atomic E-state index is 12.7. The molecule has 9 heteroatoms. The number of benzene rings is 1. The number of alkyl halides is 3. The molecule has 4 nitrogen and oxygen atoms in total. The summed E-state index contributed by atoms with van der Waals surface area (Å²) in [6.45, 7) is 0. The van der Waals surface area contributed by atoms with Gasteiger partial charge in [0.05, 0.1) is 5.56 Å². The predicted octanol–water partition coefficient (Wildman–Crippen LogP) is 5.36. The highest BCUT2D eigenvalue weighted by molar-refractivity contribution is 9.10. The molecule has 2 heterocycles.